The van der Waals surface area contributed by atoms with Crippen molar-refractivity contribution >= 4 is 50.2 Å². The van der Waals surface area contributed by atoms with Gasteiger partial charge >= 0.3 is 5.97 Å². The van der Waals surface area contributed by atoms with E-state index in [1.807, 2.05) is 16.7 Å². The Morgan fingerprint density at radius 3 is 2.67 bits per heavy atom. The second kappa shape index (κ2) is 7.90. The molecule has 1 aliphatic heterocycles. The van der Waals surface area contributed by atoms with Crippen molar-refractivity contribution in [2.75, 3.05) is 6.26 Å². The lowest BCUT2D eigenvalue weighted by atomic mass is 9.93. The highest BCUT2D eigenvalue weighted by Crippen LogP contribution is 2.47. The highest BCUT2D eigenvalue weighted by molar-refractivity contribution is 7.99. The van der Waals surface area contributed by atoms with Gasteiger partial charge < -0.3 is 9.67 Å². The predicted octanol–water partition coefficient (Wildman–Crippen LogP) is 4.90. The Labute approximate surface area is 184 Å². The Morgan fingerprint density at radius 2 is 2.03 bits per heavy atom. The molecule has 0 spiro atoms. The van der Waals surface area contributed by atoms with E-state index < -0.39 is 15.8 Å². The minimum atomic E-state index is -3.53. The van der Waals surface area contributed by atoms with E-state index in [0.29, 0.717) is 28.2 Å². The molecule has 6 nitrogen and oxygen atoms in total. The van der Waals surface area contributed by atoms with E-state index in [1.54, 1.807) is 25.3 Å². The summed E-state index contributed by atoms with van der Waals surface area (Å²) in [5.41, 5.74) is 2.05. The first-order chi connectivity index (χ1) is 14.2. The molecule has 1 atom stereocenters. The zero-order valence-corrected chi connectivity index (χ0v) is 18.9. The van der Waals surface area contributed by atoms with Crippen molar-refractivity contribution in [3.8, 4) is 0 Å². The van der Waals surface area contributed by atoms with Crippen LogP contribution in [0.15, 0.2) is 45.1 Å². The lowest BCUT2D eigenvalue weighted by Crippen LogP contribution is -2.18. The number of hydrogen-bond donors (Lipinski definition) is 1. The Kier molecular flexibility index (Phi) is 5.59. The molecule has 0 amide bonds. The van der Waals surface area contributed by atoms with Gasteiger partial charge in [0.25, 0.3) is 0 Å². The number of aliphatic carboxylic acids is 1. The van der Waals surface area contributed by atoms with E-state index >= 15 is 0 Å². The van der Waals surface area contributed by atoms with Crippen LogP contribution in [0.5, 0.6) is 0 Å². The first-order valence-corrected chi connectivity index (χ1v) is 12.6. The first-order valence-electron chi connectivity index (χ1n) is 9.53. The van der Waals surface area contributed by atoms with Crippen molar-refractivity contribution in [3.63, 3.8) is 0 Å². The Balaban J connectivity index is 2.05. The molecule has 0 bridgehead atoms. The third-order valence-corrected chi connectivity index (χ3v) is 7.99. The van der Waals surface area contributed by atoms with Gasteiger partial charge in [-0.2, -0.15) is 0 Å². The molecule has 3 heterocycles. The molecular formula is C21H21ClN2O4S2. The van der Waals surface area contributed by atoms with Crippen LogP contribution in [-0.4, -0.2) is 35.3 Å². The number of carbonyl (C=O) groups is 1. The number of carboxylic acid groups (broad SMARTS) is 1. The second-order valence-electron chi connectivity index (χ2n) is 7.60. The summed E-state index contributed by atoms with van der Waals surface area (Å²) < 4.78 is 27.5. The summed E-state index contributed by atoms with van der Waals surface area (Å²) in [6.45, 7) is 2.42. The van der Waals surface area contributed by atoms with Crippen molar-refractivity contribution in [1.29, 1.82) is 0 Å². The summed E-state index contributed by atoms with van der Waals surface area (Å²) in [4.78, 5) is 18.0. The molecule has 9 heteroatoms. The smallest absolute Gasteiger partial charge is 0.304 e. The van der Waals surface area contributed by atoms with Gasteiger partial charge in [-0.05, 0) is 49.6 Å². The molecule has 2 aromatic heterocycles. The number of fused-ring (bicyclic) bond motifs is 3. The van der Waals surface area contributed by atoms with Crippen LogP contribution in [0.2, 0.25) is 5.02 Å². The van der Waals surface area contributed by atoms with E-state index in [4.69, 9.17) is 11.6 Å². The maximum atomic E-state index is 12.7. The quantitative estimate of drug-likeness (QED) is 0.577. The van der Waals surface area contributed by atoms with Crippen LogP contribution in [-0.2, 0) is 21.2 Å². The number of sulfone groups is 1. The largest absolute Gasteiger partial charge is 0.481 e. The summed E-state index contributed by atoms with van der Waals surface area (Å²) in [7, 11) is -3.53. The number of aromatic nitrogens is 2. The van der Waals surface area contributed by atoms with Crippen molar-refractivity contribution in [2.24, 2.45) is 0 Å². The standard InChI is InChI=1S/C21H21ClN2O4S2/c1-12-11-23-21-17(20(12)30(2,27)28)19(29-15-7-5-14(22)6-8-15)18-13(10-16(25)26)4-3-9-24(18)21/h5-8,11,13H,3-4,9-10H2,1-2H3,(H,25,26). The first kappa shape index (κ1) is 21.2. The molecular weight excluding hydrogens is 444 g/mol. The number of nitrogens with zero attached hydrogens (tertiary/aromatic N) is 2. The molecule has 1 N–H and O–H groups in total. The van der Waals surface area contributed by atoms with Gasteiger partial charge in [-0.25, -0.2) is 13.4 Å². The molecule has 4 rings (SSSR count). The molecule has 0 fully saturated rings. The molecule has 0 radical (unpaired) electrons. The highest BCUT2D eigenvalue weighted by atomic mass is 35.5. The summed E-state index contributed by atoms with van der Waals surface area (Å²) in [5.74, 6) is -1.07. The summed E-state index contributed by atoms with van der Waals surface area (Å²) in [6.07, 6.45) is 4.35. The van der Waals surface area contributed by atoms with Crippen molar-refractivity contribution in [3.05, 3.63) is 46.7 Å². The third-order valence-electron chi connectivity index (χ3n) is 5.34. The highest BCUT2D eigenvalue weighted by Gasteiger charge is 2.33. The van der Waals surface area contributed by atoms with Crippen LogP contribution >= 0.6 is 23.4 Å². The fourth-order valence-electron chi connectivity index (χ4n) is 4.23. The SMILES string of the molecule is Cc1cnc2c(c(Sc3ccc(Cl)cc3)c3n2CCCC3CC(=O)O)c1S(C)(=O)=O. The monoisotopic (exact) mass is 464 g/mol. The van der Waals surface area contributed by atoms with Crippen molar-refractivity contribution in [1.82, 2.24) is 9.55 Å². The molecule has 1 aliphatic rings. The normalized spacial score (nSPS) is 16.6. The molecule has 0 saturated heterocycles. The summed E-state index contributed by atoms with van der Waals surface area (Å²) in [6, 6.07) is 7.32. The lowest BCUT2D eigenvalue weighted by Gasteiger charge is -2.25. The van der Waals surface area contributed by atoms with Gasteiger partial charge in [-0.1, -0.05) is 23.4 Å². The minimum absolute atomic E-state index is 0.00229. The zero-order chi connectivity index (χ0) is 21.6. The van der Waals surface area contributed by atoms with Crippen LogP contribution in [0.3, 0.4) is 0 Å². The van der Waals surface area contributed by atoms with Gasteiger partial charge in [0.15, 0.2) is 9.84 Å². The van der Waals surface area contributed by atoms with E-state index in [9.17, 15) is 18.3 Å². The van der Waals surface area contributed by atoms with Gasteiger partial charge in [0, 0.05) is 45.4 Å². The van der Waals surface area contributed by atoms with Gasteiger partial charge in [-0.15, -0.1) is 0 Å². The van der Waals surface area contributed by atoms with Crippen LogP contribution in [0.4, 0.5) is 0 Å². The zero-order valence-electron chi connectivity index (χ0n) is 16.6. The van der Waals surface area contributed by atoms with Crippen molar-refractivity contribution < 1.29 is 18.3 Å². The topological polar surface area (TPSA) is 89.3 Å². The average molecular weight is 465 g/mol. The molecule has 3 aromatic rings. The number of rotatable bonds is 5. The lowest BCUT2D eigenvalue weighted by molar-refractivity contribution is -0.137. The van der Waals surface area contributed by atoms with Gasteiger partial charge in [0.05, 0.1) is 16.7 Å². The van der Waals surface area contributed by atoms with E-state index in [1.165, 1.54) is 18.0 Å². The number of halogens is 1. The van der Waals surface area contributed by atoms with E-state index in [2.05, 4.69) is 4.98 Å². The summed E-state index contributed by atoms with van der Waals surface area (Å²) >= 11 is 7.46. The molecule has 0 aliphatic carbocycles. The minimum Gasteiger partial charge on any atom is -0.481 e. The average Bonchev–Trinajstić information content (AvgIpc) is 2.96. The number of benzene rings is 1. The molecule has 1 aromatic carbocycles. The van der Waals surface area contributed by atoms with Gasteiger partial charge in [0.1, 0.15) is 5.65 Å². The number of hydrogen-bond acceptors (Lipinski definition) is 5. The Morgan fingerprint density at radius 1 is 1.33 bits per heavy atom. The molecule has 1 unspecified atom stereocenters. The fourth-order valence-corrected chi connectivity index (χ4v) is 6.81. The van der Waals surface area contributed by atoms with Gasteiger partial charge in [0.2, 0.25) is 0 Å². The molecule has 30 heavy (non-hydrogen) atoms. The maximum absolute atomic E-state index is 12.7. The summed E-state index contributed by atoms with van der Waals surface area (Å²) in [5, 5.41) is 10.7. The van der Waals surface area contributed by atoms with Crippen molar-refractivity contribution in [2.45, 2.75) is 53.3 Å². The van der Waals surface area contributed by atoms with E-state index in [0.717, 1.165) is 28.3 Å². The van der Waals surface area contributed by atoms with Crippen LogP contribution < -0.4 is 0 Å². The van der Waals surface area contributed by atoms with Crippen LogP contribution in [0, 0.1) is 6.92 Å². The number of pyridine rings is 1. The predicted molar refractivity (Wildman–Crippen MR) is 117 cm³/mol. The van der Waals surface area contributed by atoms with Crippen LogP contribution in [0.25, 0.3) is 11.0 Å². The fraction of sp³-hybridized carbons (Fsp3) is 0.333. The van der Waals surface area contributed by atoms with Gasteiger partial charge in [-0.3, -0.25) is 4.79 Å². The maximum Gasteiger partial charge on any atom is 0.304 e. The number of aryl methyl sites for hydroxylation is 2. The van der Waals surface area contributed by atoms with E-state index in [-0.39, 0.29) is 17.2 Å². The van der Waals surface area contributed by atoms with Crippen LogP contribution in [0.1, 0.15) is 36.4 Å². The molecule has 158 valence electrons. The molecule has 0 saturated carbocycles. The Hall–Kier alpha value is -2.03. The third kappa shape index (κ3) is 3.84. The second-order valence-corrected chi connectivity index (χ2v) is 11.1. The number of carboxylic acids is 1. The Bertz CT molecular complexity index is 1250.